The topological polar surface area (TPSA) is 75.3 Å². The number of aliphatic carboxylic acids is 1. The molecule has 0 amide bonds. The van der Waals surface area contributed by atoms with Crippen molar-refractivity contribution in [2.45, 2.75) is 37.8 Å². The fraction of sp³-hybridized carbons (Fsp3) is 0.636. The quantitative estimate of drug-likeness (QED) is 0.862. The van der Waals surface area contributed by atoms with Crippen molar-refractivity contribution in [1.29, 1.82) is 0 Å². The molecular formula is C11H15ClN2O3. The minimum absolute atomic E-state index is 0.323. The number of hydrogen-bond donors (Lipinski definition) is 2. The van der Waals surface area contributed by atoms with Gasteiger partial charge in [0.05, 0.1) is 29.3 Å². The molecule has 0 aliphatic heterocycles. The van der Waals surface area contributed by atoms with E-state index in [9.17, 15) is 9.90 Å². The van der Waals surface area contributed by atoms with Crippen LogP contribution in [0.5, 0.6) is 0 Å². The van der Waals surface area contributed by atoms with Crippen LogP contribution in [0.3, 0.4) is 0 Å². The third-order valence-corrected chi connectivity index (χ3v) is 3.52. The summed E-state index contributed by atoms with van der Waals surface area (Å²) in [5.74, 6) is -1.09. The van der Waals surface area contributed by atoms with E-state index < -0.39 is 11.6 Å². The van der Waals surface area contributed by atoms with Crippen molar-refractivity contribution in [3.05, 3.63) is 17.4 Å². The number of nitrogens with zero attached hydrogens (tertiary/aromatic N) is 2. The average molecular weight is 259 g/mol. The van der Waals surface area contributed by atoms with Gasteiger partial charge in [0.2, 0.25) is 0 Å². The molecule has 2 N–H and O–H groups in total. The normalized spacial score (nSPS) is 29.2. The van der Waals surface area contributed by atoms with Crippen molar-refractivity contribution in [2.75, 3.05) is 0 Å². The molecule has 0 radical (unpaired) electrons. The van der Waals surface area contributed by atoms with Crippen LogP contribution in [0, 0.1) is 5.92 Å². The molecule has 1 fully saturated rings. The van der Waals surface area contributed by atoms with Crippen molar-refractivity contribution in [2.24, 2.45) is 5.92 Å². The molecule has 1 aliphatic carbocycles. The Bertz CT molecular complexity index is 411. The molecule has 6 heteroatoms. The van der Waals surface area contributed by atoms with E-state index in [1.54, 1.807) is 10.9 Å². The number of aliphatic hydroxyl groups is 1. The summed E-state index contributed by atoms with van der Waals surface area (Å²) < 4.78 is 1.60. The lowest BCUT2D eigenvalue weighted by Crippen LogP contribution is -2.39. The van der Waals surface area contributed by atoms with E-state index in [1.807, 2.05) is 0 Å². The summed E-state index contributed by atoms with van der Waals surface area (Å²) in [5, 5.41) is 23.8. The molecule has 2 rings (SSSR count). The number of carbonyl (C=O) groups is 1. The van der Waals surface area contributed by atoms with E-state index in [4.69, 9.17) is 16.7 Å². The van der Waals surface area contributed by atoms with Crippen LogP contribution < -0.4 is 0 Å². The first kappa shape index (κ1) is 12.4. The van der Waals surface area contributed by atoms with Crippen LogP contribution >= 0.6 is 11.6 Å². The standard InChI is InChI=1S/C11H15ClN2O3/c12-9-5-13-14(6-9)7-11(17)3-1-8(2-4-11)10(15)16/h5-6,8,17H,1-4,7H2,(H,15,16). The molecule has 94 valence electrons. The Hall–Kier alpha value is -1.07. The van der Waals surface area contributed by atoms with Gasteiger partial charge in [-0.25, -0.2) is 0 Å². The second-order valence-electron chi connectivity index (χ2n) is 4.69. The molecular weight excluding hydrogens is 244 g/mol. The average Bonchev–Trinajstić information content (AvgIpc) is 2.63. The van der Waals surface area contributed by atoms with Crippen molar-refractivity contribution < 1.29 is 15.0 Å². The third-order valence-electron chi connectivity index (χ3n) is 3.32. The van der Waals surface area contributed by atoms with Crippen molar-refractivity contribution in [3.8, 4) is 0 Å². The molecule has 0 spiro atoms. The van der Waals surface area contributed by atoms with Crippen molar-refractivity contribution in [1.82, 2.24) is 9.78 Å². The minimum atomic E-state index is -0.860. The second kappa shape index (κ2) is 4.66. The molecule has 17 heavy (non-hydrogen) atoms. The maximum Gasteiger partial charge on any atom is 0.306 e. The Kier molecular flexibility index (Phi) is 3.40. The number of carboxylic acids is 1. The monoisotopic (exact) mass is 258 g/mol. The first-order valence-corrected chi connectivity index (χ1v) is 5.99. The molecule has 1 aliphatic rings. The zero-order valence-corrected chi connectivity index (χ0v) is 10.1. The summed E-state index contributed by atoms with van der Waals surface area (Å²) in [6.07, 6.45) is 5.18. The summed E-state index contributed by atoms with van der Waals surface area (Å²) in [7, 11) is 0. The third kappa shape index (κ3) is 2.98. The number of carboxylic acid groups (broad SMARTS) is 1. The Morgan fingerprint density at radius 2 is 2.24 bits per heavy atom. The van der Waals surface area contributed by atoms with E-state index in [1.165, 1.54) is 6.20 Å². The van der Waals surface area contributed by atoms with Gasteiger partial charge in [-0.05, 0) is 25.7 Å². The first-order valence-electron chi connectivity index (χ1n) is 5.62. The van der Waals surface area contributed by atoms with E-state index in [0.717, 1.165) is 0 Å². The smallest absolute Gasteiger partial charge is 0.306 e. The van der Waals surface area contributed by atoms with Crippen LogP contribution in [0.2, 0.25) is 5.02 Å². The van der Waals surface area contributed by atoms with E-state index >= 15 is 0 Å². The maximum atomic E-state index is 10.8. The summed E-state index contributed by atoms with van der Waals surface area (Å²) in [6.45, 7) is 0.367. The number of hydrogen-bond acceptors (Lipinski definition) is 3. The predicted molar refractivity (Wildman–Crippen MR) is 61.8 cm³/mol. The Labute approximate surface area is 104 Å². The van der Waals surface area contributed by atoms with Crippen molar-refractivity contribution in [3.63, 3.8) is 0 Å². The molecule has 5 nitrogen and oxygen atoms in total. The number of rotatable bonds is 3. The maximum absolute atomic E-state index is 10.8. The summed E-state index contributed by atoms with van der Waals surface area (Å²) in [4.78, 5) is 10.8. The highest BCUT2D eigenvalue weighted by molar-refractivity contribution is 6.30. The van der Waals surface area contributed by atoms with E-state index in [0.29, 0.717) is 37.3 Å². The molecule has 0 bridgehead atoms. The molecule has 0 unspecified atom stereocenters. The first-order chi connectivity index (χ1) is 7.98. The van der Waals surface area contributed by atoms with Gasteiger partial charge in [-0.1, -0.05) is 11.6 Å². The Balaban J connectivity index is 1.95. The van der Waals surface area contributed by atoms with Gasteiger partial charge < -0.3 is 10.2 Å². The van der Waals surface area contributed by atoms with Gasteiger partial charge in [-0.3, -0.25) is 9.48 Å². The van der Waals surface area contributed by atoms with E-state index in [2.05, 4.69) is 5.10 Å². The van der Waals surface area contributed by atoms with Gasteiger partial charge in [0.25, 0.3) is 0 Å². The highest BCUT2D eigenvalue weighted by Crippen LogP contribution is 2.33. The fourth-order valence-corrected chi connectivity index (χ4v) is 2.44. The van der Waals surface area contributed by atoms with Crippen LogP contribution in [0.1, 0.15) is 25.7 Å². The van der Waals surface area contributed by atoms with Gasteiger partial charge in [0.1, 0.15) is 0 Å². The van der Waals surface area contributed by atoms with Crippen LogP contribution in [-0.4, -0.2) is 31.6 Å². The molecule has 0 aromatic carbocycles. The molecule has 0 atom stereocenters. The highest BCUT2D eigenvalue weighted by atomic mass is 35.5. The minimum Gasteiger partial charge on any atom is -0.481 e. The predicted octanol–water partition coefficient (Wildman–Crippen LogP) is 1.54. The lowest BCUT2D eigenvalue weighted by molar-refractivity contribution is -0.145. The summed E-state index contributed by atoms with van der Waals surface area (Å²) in [6, 6.07) is 0. The highest BCUT2D eigenvalue weighted by Gasteiger charge is 2.36. The van der Waals surface area contributed by atoms with Crippen LogP contribution in [0.4, 0.5) is 0 Å². The lowest BCUT2D eigenvalue weighted by atomic mass is 9.79. The fourth-order valence-electron chi connectivity index (χ4n) is 2.29. The van der Waals surface area contributed by atoms with E-state index in [-0.39, 0.29) is 5.92 Å². The Morgan fingerprint density at radius 3 is 2.71 bits per heavy atom. The zero-order valence-electron chi connectivity index (χ0n) is 9.34. The number of aromatic nitrogens is 2. The molecule has 0 saturated heterocycles. The van der Waals surface area contributed by atoms with Crippen LogP contribution in [0.15, 0.2) is 12.4 Å². The molecule has 1 heterocycles. The summed E-state index contributed by atoms with van der Waals surface area (Å²) in [5.41, 5.74) is -0.860. The van der Waals surface area contributed by atoms with Crippen LogP contribution in [-0.2, 0) is 11.3 Å². The molecule has 1 aromatic heterocycles. The van der Waals surface area contributed by atoms with Gasteiger partial charge in [0, 0.05) is 6.20 Å². The van der Waals surface area contributed by atoms with Crippen LogP contribution in [0.25, 0.3) is 0 Å². The SMILES string of the molecule is O=C(O)C1CCC(O)(Cn2cc(Cl)cn2)CC1. The van der Waals surface area contributed by atoms with Gasteiger partial charge in [0.15, 0.2) is 0 Å². The van der Waals surface area contributed by atoms with Gasteiger partial charge >= 0.3 is 5.97 Å². The lowest BCUT2D eigenvalue weighted by Gasteiger charge is -2.34. The van der Waals surface area contributed by atoms with Gasteiger partial charge in [-0.2, -0.15) is 5.10 Å². The van der Waals surface area contributed by atoms with Gasteiger partial charge in [-0.15, -0.1) is 0 Å². The zero-order chi connectivity index (χ0) is 12.5. The summed E-state index contributed by atoms with van der Waals surface area (Å²) >= 11 is 5.75. The molecule has 1 aromatic rings. The largest absolute Gasteiger partial charge is 0.481 e. The second-order valence-corrected chi connectivity index (χ2v) is 5.13. The number of halogens is 1. The molecule has 1 saturated carbocycles. The Morgan fingerprint density at radius 1 is 1.59 bits per heavy atom. The van der Waals surface area contributed by atoms with Crippen molar-refractivity contribution >= 4 is 17.6 Å².